The number of rotatable bonds is 4. The first-order valence-electron chi connectivity index (χ1n) is 6.97. The average molecular weight is 329 g/mol. The van der Waals surface area contributed by atoms with E-state index in [1.54, 1.807) is 37.7 Å². The first kappa shape index (κ1) is 15.2. The number of methoxy groups -OCH3 is 1. The Morgan fingerprint density at radius 3 is 2.78 bits per heavy atom. The molecule has 1 aromatic carbocycles. The third-order valence-corrected chi connectivity index (χ3v) is 4.19. The van der Waals surface area contributed by atoms with Gasteiger partial charge in [0.25, 0.3) is 5.56 Å². The van der Waals surface area contributed by atoms with Crippen LogP contribution in [0.4, 0.5) is 5.69 Å². The summed E-state index contributed by atoms with van der Waals surface area (Å²) < 4.78 is 6.51. The minimum Gasteiger partial charge on any atom is -0.497 e. The number of carbonyl (C=O) groups is 1. The second-order valence-corrected chi connectivity index (χ2v) is 5.88. The Kier molecular flexibility index (Phi) is 4.12. The Bertz CT molecular complexity index is 912. The highest BCUT2D eigenvalue weighted by molar-refractivity contribution is 7.15. The molecular formula is C16H15N3O3S. The molecule has 0 radical (unpaired) electrons. The molecule has 3 rings (SSSR count). The Morgan fingerprint density at radius 2 is 2.09 bits per heavy atom. The van der Waals surface area contributed by atoms with Crippen LogP contribution < -0.4 is 15.6 Å². The van der Waals surface area contributed by atoms with Gasteiger partial charge in [0, 0.05) is 11.6 Å². The number of hydrogen-bond acceptors (Lipinski definition) is 5. The molecule has 0 aliphatic carbocycles. The van der Waals surface area contributed by atoms with Crippen molar-refractivity contribution in [3.63, 3.8) is 0 Å². The summed E-state index contributed by atoms with van der Waals surface area (Å²) in [7, 11) is 1.59. The van der Waals surface area contributed by atoms with Crippen LogP contribution in [-0.4, -0.2) is 22.4 Å². The molecule has 0 saturated carbocycles. The summed E-state index contributed by atoms with van der Waals surface area (Å²) >= 11 is 1.38. The highest BCUT2D eigenvalue weighted by Crippen LogP contribution is 2.14. The van der Waals surface area contributed by atoms with Crippen molar-refractivity contribution < 1.29 is 9.53 Å². The molecule has 1 amide bonds. The molecule has 0 unspecified atom stereocenters. The summed E-state index contributed by atoms with van der Waals surface area (Å²) in [6.07, 6.45) is 1.82. The van der Waals surface area contributed by atoms with E-state index in [-0.39, 0.29) is 23.6 Å². The highest BCUT2D eigenvalue weighted by atomic mass is 32.1. The molecule has 118 valence electrons. The van der Waals surface area contributed by atoms with E-state index >= 15 is 0 Å². The van der Waals surface area contributed by atoms with Gasteiger partial charge in [0.05, 0.1) is 19.2 Å². The number of fused-ring (bicyclic) bond motifs is 1. The summed E-state index contributed by atoms with van der Waals surface area (Å²) in [5.41, 5.74) is 1.31. The van der Waals surface area contributed by atoms with Crippen molar-refractivity contribution in [2.75, 3.05) is 12.4 Å². The van der Waals surface area contributed by atoms with Crippen molar-refractivity contribution in [1.82, 2.24) is 9.38 Å². The van der Waals surface area contributed by atoms with E-state index in [9.17, 15) is 9.59 Å². The molecular weight excluding hydrogens is 314 g/mol. The van der Waals surface area contributed by atoms with E-state index in [2.05, 4.69) is 10.3 Å². The maximum Gasteiger partial charge on any atom is 0.282 e. The van der Waals surface area contributed by atoms with Crippen molar-refractivity contribution in [2.45, 2.75) is 13.3 Å². The molecule has 0 saturated heterocycles. The van der Waals surface area contributed by atoms with E-state index < -0.39 is 0 Å². The Morgan fingerprint density at radius 1 is 1.35 bits per heavy atom. The van der Waals surface area contributed by atoms with Gasteiger partial charge in [-0.1, -0.05) is 12.1 Å². The third kappa shape index (κ3) is 3.09. The van der Waals surface area contributed by atoms with Gasteiger partial charge < -0.3 is 10.1 Å². The summed E-state index contributed by atoms with van der Waals surface area (Å²) in [6.45, 7) is 1.71. The van der Waals surface area contributed by atoms with Gasteiger partial charge in [-0.25, -0.2) is 4.98 Å². The number of carbonyl (C=O) groups excluding carboxylic acids is 1. The van der Waals surface area contributed by atoms with Crippen molar-refractivity contribution >= 4 is 27.9 Å². The zero-order chi connectivity index (χ0) is 16.4. The Balaban J connectivity index is 1.81. The number of benzene rings is 1. The van der Waals surface area contributed by atoms with Gasteiger partial charge in [-0.15, -0.1) is 11.3 Å². The molecule has 0 aliphatic heterocycles. The standard InChI is InChI=1S/C16H15N3O3S/c1-10-14(15(21)19-7-8-23-16(19)17-10)18-13(20)9-11-3-5-12(22-2)6-4-11/h3-8H,9H2,1-2H3,(H,18,20). The summed E-state index contributed by atoms with van der Waals surface area (Å²) in [5, 5.41) is 4.46. The van der Waals surface area contributed by atoms with Crippen molar-refractivity contribution in [3.05, 3.63) is 57.5 Å². The molecule has 2 aromatic heterocycles. The lowest BCUT2D eigenvalue weighted by atomic mass is 10.1. The fourth-order valence-corrected chi connectivity index (χ4v) is 2.99. The molecule has 0 aliphatic rings. The predicted molar refractivity (Wildman–Crippen MR) is 89.4 cm³/mol. The summed E-state index contributed by atoms with van der Waals surface area (Å²) in [4.78, 5) is 29.5. The van der Waals surface area contributed by atoms with E-state index in [0.29, 0.717) is 10.7 Å². The van der Waals surface area contributed by atoms with E-state index in [0.717, 1.165) is 11.3 Å². The maximum atomic E-state index is 12.4. The van der Waals surface area contributed by atoms with Crippen molar-refractivity contribution in [2.24, 2.45) is 0 Å². The van der Waals surface area contributed by atoms with Crippen molar-refractivity contribution in [3.8, 4) is 5.75 Å². The van der Waals surface area contributed by atoms with Crippen LogP contribution in [-0.2, 0) is 11.2 Å². The normalized spacial score (nSPS) is 10.7. The lowest BCUT2D eigenvalue weighted by Gasteiger charge is -2.08. The van der Waals surface area contributed by atoms with Gasteiger partial charge in [0.1, 0.15) is 11.4 Å². The van der Waals surface area contributed by atoms with Gasteiger partial charge >= 0.3 is 0 Å². The van der Waals surface area contributed by atoms with Gasteiger partial charge in [0.15, 0.2) is 4.96 Å². The number of aromatic nitrogens is 2. The van der Waals surface area contributed by atoms with E-state index in [1.807, 2.05) is 12.1 Å². The zero-order valence-electron chi connectivity index (χ0n) is 12.7. The van der Waals surface area contributed by atoms with Crippen LogP contribution >= 0.6 is 11.3 Å². The lowest BCUT2D eigenvalue weighted by Crippen LogP contribution is -2.25. The minimum absolute atomic E-state index is 0.176. The van der Waals surface area contributed by atoms with Crippen LogP contribution in [0.1, 0.15) is 11.3 Å². The number of aryl methyl sites for hydroxylation is 1. The Labute approximate surface area is 136 Å². The molecule has 23 heavy (non-hydrogen) atoms. The van der Waals surface area contributed by atoms with Gasteiger partial charge in [-0.3, -0.25) is 14.0 Å². The first-order chi connectivity index (χ1) is 11.1. The monoisotopic (exact) mass is 329 g/mol. The molecule has 3 aromatic rings. The SMILES string of the molecule is COc1ccc(CC(=O)Nc2c(C)nc3sccn3c2=O)cc1. The second kappa shape index (κ2) is 6.21. The van der Waals surface area contributed by atoms with Crippen LogP contribution in [0.2, 0.25) is 0 Å². The number of hydrogen-bond donors (Lipinski definition) is 1. The maximum absolute atomic E-state index is 12.4. The first-order valence-corrected chi connectivity index (χ1v) is 7.85. The lowest BCUT2D eigenvalue weighted by molar-refractivity contribution is -0.115. The van der Waals surface area contributed by atoms with Gasteiger partial charge in [-0.2, -0.15) is 0 Å². The number of anilines is 1. The molecule has 6 nitrogen and oxygen atoms in total. The molecule has 7 heteroatoms. The largest absolute Gasteiger partial charge is 0.497 e. The smallest absolute Gasteiger partial charge is 0.282 e. The zero-order valence-corrected chi connectivity index (χ0v) is 13.5. The van der Waals surface area contributed by atoms with Crippen LogP contribution in [0, 0.1) is 6.92 Å². The van der Waals surface area contributed by atoms with E-state index in [4.69, 9.17) is 4.74 Å². The van der Waals surface area contributed by atoms with Crippen LogP contribution in [0.25, 0.3) is 4.96 Å². The number of amides is 1. The van der Waals surface area contributed by atoms with Crippen molar-refractivity contribution in [1.29, 1.82) is 0 Å². The fraction of sp³-hybridized carbons (Fsp3) is 0.188. The highest BCUT2D eigenvalue weighted by Gasteiger charge is 2.13. The topological polar surface area (TPSA) is 72.7 Å². The van der Waals surface area contributed by atoms with Gasteiger partial charge in [-0.05, 0) is 24.6 Å². The quantitative estimate of drug-likeness (QED) is 0.797. The Hall–Kier alpha value is -2.67. The predicted octanol–water partition coefficient (Wildman–Crippen LogP) is 2.25. The molecule has 0 fully saturated rings. The number of nitrogens with one attached hydrogen (secondary N) is 1. The summed E-state index contributed by atoms with van der Waals surface area (Å²) in [6, 6.07) is 7.22. The van der Waals surface area contributed by atoms with Gasteiger partial charge in [0.2, 0.25) is 5.91 Å². The van der Waals surface area contributed by atoms with Crippen LogP contribution in [0.5, 0.6) is 5.75 Å². The molecule has 0 spiro atoms. The summed E-state index contributed by atoms with van der Waals surface area (Å²) in [5.74, 6) is 0.475. The third-order valence-electron chi connectivity index (χ3n) is 3.44. The number of thiazole rings is 1. The number of ether oxygens (including phenoxy) is 1. The van der Waals surface area contributed by atoms with Crippen LogP contribution in [0.3, 0.4) is 0 Å². The average Bonchev–Trinajstić information content (AvgIpc) is 3.00. The molecule has 0 bridgehead atoms. The second-order valence-electron chi connectivity index (χ2n) is 5.01. The molecule has 0 atom stereocenters. The van der Waals surface area contributed by atoms with E-state index in [1.165, 1.54) is 15.7 Å². The molecule has 1 N–H and O–H groups in total. The molecule has 2 heterocycles. The number of nitrogens with zero attached hydrogens (tertiary/aromatic N) is 2. The fourth-order valence-electron chi connectivity index (χ4n) is 2.24. The minimum atomic E-state index is -0.267. The van der Waals surface area contributed by atoms with Crippen LogP contribution in [0.15, 0.2) is 40.6 Å².